The van der Waals surface area contributed by atoms with E-state index in [1.807, 2.05) is 20.8 Å². The zero-order valence-electron chi connectivity index (χ0n) is 23.0. The average molecular weight is 582 g/mol. The SMILES string of the molecule is CC(C)(C)CC(=O)NC1=CC=C(c2oc(-c3ccccc3)nc2C(=O)N(F)Cc2ccccc2C(F)(F)P)C=CC1. The van der Waals surface area contributed by atoms with E-state index in [0.29, 0.717) is 29.7 Å². The Morgan fingerprint density at radius 2 is 1.73 bits per heavy atom. The van der Waals surface area contributed by atoms with Crippen LogP contribution in [0.15, 0.2) is 89.0 Å². The molecule has 0 saturated carbocycles. The second-order valence-corrected chi connectivity index (χ2v) is 11.6. The number of oxazole rings is 1. The van der Waals surface area contributed by atoms with Crippen LogP contribution in [0.1, 0.15) is 61.0 Å². The van der Waals surface area contributed by atoms with Crippen LogP contribution in [-0.2, 0) is 17.0 Å². The first-order valence-corrected chi connectivity index (χ1v) is 13.6. The minimum absolute atomic E-state index is 0.0101. The summed E-state index contributed by atoms with van der Waals surface area (Å²) in [5, 5.41) is 2.75. The summed E-state index contributed by atoms with van der Waals surface area (Å²) in [4.78, 5) is 30.1. The van der Waals surface area contributed by atoms with Gasteiger partial charge in [-0.25, -0.2) is 4.98 Å². The molecule has 41 heavy (non-hydrogen) atoms. The van der Waals surface area contributed by atoms with Crippen molar-refractivity contribution in [3.63, 3.8) is 0 Å². The highest BCUT2D eigenvalue weighted by atomic mass is 31.0. The highest BCUT2D eigenvalue weighted by molar-refractivity contribution is 7.17. The lowest BCUT2D eigenvalue weighted by molar-refractivity contribution is -0.122. The third-order valence-corrected chi connectivity index (χ3v) is 6.42. The van der Waals surface area contributed by atoms with E-state index in [-0.39, 0.29) is 39.4 Å². The Balaban J connectivity index is 1.68. The standard InChI is InChI=1S/C31H31F3N3O3P/c1-30(2,3)18-25(38)35-23-14-9-13-20(16-17-23)27-26(36-28(40-27)21-10-5-4-6-11-21)29(39)37(34)19-22-12-7-8-15-24(22)31(32,33)41/h4-13,15-17H,14,18-19,41H2,1-3H3,(H,35,38). The number of carbonyl (C=O) groups excluding carboxylic acids is 2. The molecule has 0 radical (unpaired) electrons. The summed E-state index contributed by atoms with van der Waals surface area (Å²) in [6.07, 6.45) is 7.57. The van der Waals surface area contributed by atoms with Crippen LogP contribution in [-0.4, -0.2) is 21.9 Å². The Morgan fingerprint density at radius 1 is 1.05 bits per heavy atom. The molecule has 3 aromatic rings. The highest BCUT2D eigenvalue weighted by Crippen LogP contribution is 2.37. The molecule has 10 heteroatoms. The molecule has 0 spiro atoms. The molecule has 1 N–H and O–H groups in total. The van der Waals surface area contributed by atoms with Crippen LogP contribution in [0.3, 0.4) is 0 Å². The molecule has 1 unspecified atom stereocenters. The second kappa shape index (κ2) is 12.3. The lowest BCUT2D eigenvalue weighted by Gasteiger charge is -2.18. The molecule has 1 atom stereocenters. The molecule has 1 aliphatic carbocycles. The quantitative estimate of drug-likeness (QED) is 0.220. The number of nitrogens with one attached hydrogen (secondary N) is 1. The Kier molecular flexibility index (Phi) is 8.98. The van der Waals surface area contributed by atoms with Gasteiger partial charge >= 0.3 is 5.91 Å². The van der Waals surface area contributed by atoms with Gasteiger partial charge in [0.1, 0.15) is 0 Å². The number of hydrogen-bond donors (Lipinski definition) is 1. The summed E-state index contributed by atoms with van der Waals surface area (Å²) in [7, 11) is 1.43. The summed E-state index contributed by atoms with van der Waals surface area (Å²) < 4.78 is 49.5. The molecular weight excluding hydrogens is 550 g/mol. The number of aromatic nitrogens is 1. The predicted octanol–water partition coefficient (Wildman–Crippen LogP) is 7.57. The lowest BCUT2D eigenvalue weighted by Crippen LogP contribution is -2.26. The first kappa shape index (κ1) is 30.0. The van der Waals surface area contributed by atoms with E-state index in [1.165, 1.54) is 33.5 Å². The van der Waals surface area contributed by atoms with Gasteiger partial charge in [-0.15, -0.1) is 0 Å². The number of carbonyl (C=O) groups is 2. The maximum Gasteiger partial charge on any atom is 0.304 e. The molecule has 2 aromatic carbocycles. The van der Waals surface area contributed by atoms with E-state index in [9.17, 15) is 18.4 Å². The Bertz CT molecular complexity index is 1520. The Hall–Kier alpha value is -3.97. The van der Waals surface area contributed by atoms with Crippen LogP contribution >= 0.6 is 9.24 Å². The van der Waals surface area contributed by atoms with E-state index >= 15 is 4.48 Å². The number of hydrogen-bond acceptors (Lipinski definition) is 4. The topological polar surface area (TPSA) is 75.4 Å². The first-order chi connectivity index (χ1) is 19.3. The summed E-state index contributed by atoms with van der Waals surface area (Å²) in [5.74, 6) is -1.17. The average Bonchev–Trinajstić information content (AvgIpc) is 3.21. The summed E-state index contributed by atoms with van der Waals surface area (Å²) in [5.41, 5.74) is -2.63. The number of halogens is 3. The van der Waals surface area contributed by atoms with E-state index < -0.39 is 23.7 Å². The third-order valence-electron chi connectivity index (χ3n) is 6.11. The van der Waals surface area contributed by atoms with Gasteiger partial charge in [-0.1, -0.05) is 89.1 Å². The van der Waals surface area contributed by atoms with Gasteiger partial charge in [0.15, 0.2) is 11.5 Å². The van der Waals surface area contributed by atoms with E-state index in [0.717, 1.165) is 0 Å². The van der Waals surface area contributed by atoms with E-state index in [4.69, 9.17) is 4.42 Å². The summed E-state index contributed by atoms with van der Waals surface area (Å²) in [6, 6.07) is 14.2. The fraction of sp³-hybridized carbons (Fsp3) is 0.258. The first-order valence-electron chi connectivity index (χ1n) is 13.0. The molecule has 4 rings (SSSR count). The maximum atomic E-state index is 15.4. The normalized spacial score (nSPS) is 13.7. The van der Waals surface area contributed by atoms with Gasteiger partial charge in [-0.3, -0.25) is 9.59 Å². The molecule has 6 nitrogen and oxygen atoms in total. The number of amides is 2. The van der Waals surface area contributed by atoms with Crippen molar-refractivity contribution in [2.45, 2.75) is 45.8 Å². The van der Waals surface area contributed by atoms with Crippen LogP contribution in [0.5, 0.6) is 0 Å². The van der Waals surface area contributed by atoms with Gasteiger partial charge in [0.25, 0.3) is 5.66 Å². The minimum Gasteiger partial charge on any atom is -0.435 e. The molecule has 0 fully saturated rings. The Labute approximate surface area is 239 Å². The molecule has 0 aliphatic heterocycles. The molecule has 0 saturated heterocycles. The number of nitrogens with zero attached hydrogens (tertiary/aromatic N) is 2. The summed E-state index contributed by atoms with van der Waals surface area (Å²) >= 11 is 0. The number of benzene rings is 2. The van der Waals surface area contributed by atoms with E-state index in [1.54, 1.807) is 54.6 Å². The van der Waals surface area contributed by atoms with Crippen molar-refractivity contribution < 1.29 is 27.3 Å². The van der Waals surface area contributed by atoms with E-state index in [2.05, 4.69) is 10.3 Å². The van der Waals surface area contributed by atoms with Crippen LogP contribution in [0.2, 0.25) is 0 Å². The number of alkyl halides is 2. The monoisotopic (exact) mass is 581 g/mol. The van der Waals surface area contributed by atoms with Gasteiger partial charge in [-0.05, 0) is 35.3 Å². The van der Waals surface area contributed by atoms with Gasteiger partial charge in [-0.2, -0.15) is 13.9 Å². The molecule has 1 heterocycles. The highest BCUT2D eigenvalue weighted by Gasteiger charge is 2.31. The summed E-state index contributed by atoms with van der Waals surface area (Å²) in [6.45, 7) is 5.19. The maximum absolute atomic E-state index is 15.4. The number of allylic oxidation sites excluding steroid dienone is 5. The third kappa shape index (κ3) is 7.82. The molecule has 0 bridgehead atoms. The van der Waals surface area contributed by atoms with Gasteiger partial charge in [0.2, 0.25) is 11.8 Å². The van der Waals surface area contributed by atoms with Gasteiger partial charge in [0, 0.05) is 35.2 Å². The van der Waals surface area contributed by atoms with Crippen molar-refractivity contribution in [2.75, 3.05) is 0 Å². The fourth-order valence-electron chi connectivity index (χ4n) is 4.26. The van der Waals surface area contributed by atoms with Crippen molar-refractivity contribution in [3.05, 3.63) is 107 Å². The van der Waals surface area contributed by atoms with Crippen molar-refractivity contribution in [1.82, 2.24) is 15.4 Å². The zero-order chi connectivity index (χ0) is 29.8. The van der Waals surface area contributed by atoms with Crippen LogP contribution in [0.4, 0.5) is 13.3 Å². The second-order valence-electron chi connectivity index (χ2n) is 10.9. The van der Waals surface area contributed by atoms with Gasteiger partial charge < -0.3 is 9.73 Å². The van der Waals surface area contributed by atoms with Crippen molar-refractivity contribution in [1.29, 1.82) is 0 Å². The predicted molar refractivity (Wildman–Crippen MR) is 155 cm³/mol. The Morgan fingerprint density at radius 3 is 2.41 bits per heavy atom. The molecule has 1 aromatic heterocycles. The zero-order valence-corrected chi connectivity index (χ0v) is 24.1. The molecule has 1 aliphatic rings. The van der Waals surface area contributed by atoms with Crippen molar-refractivity contribution in [2.24, 2.45) is 5.41 Å². The van der Waals surface area contributed by atoms with Gasteiger partial charge in [0.05, 0.1) is 6.54 Å². The fourth-order valence-corrected chi connectivity index (χ4v) is 4.54. The van der Waals surface area contributed by atoms with Crippen LogP contribution in [0, 0.1) is 5.41 Å². The largest absolute Gasteiger partial charge is 0.435 e. The molecule has 214 valence electrons. The van der Waals surface area contributed by atoms with Crippen molar-refractivity contribution >= 4 is 26.6 Å². The number of rotatable bonds is 8. The minimum atomic E-state index is -3.30. The lowest BCUT2D eigenvalue weighted by atomic mass is 9.92. The molecular formula is C31H31F3N3O3P. The molecule has 2 amide bonds. The smallest absolute Gasteiger partial charge is 0.304 e. The van der Waals surface area contributed by atoms with Crippen LogP contribution in [0.25, 0.3) is 17.0 Å². The van der Waals surface area contributed by atoms with Crippen LogP contribution < -0.4 is 5.32 Å². The van der Waals surface area contributed by atoms with Crippen molar-refractivity contribution in [3.8, 4) is 11.5 Å².